The van der Waals surface area contributed by atoms with Crippen LogP contribution in [-0.2, 0) is 0 Å². The van der Waals surface area contributed by atoms with E-state index in [2.05, 4.69) is 9.98 Å². The van der Waals surface area contributed by atoms with E-state index in [9.17, 15) is 4.79 Å². The fourth-order valence-electron chi connectivity index (χ4n) is 2.88. The van der Waals surface area contributed by atoms with Crippen molar-refractivity contribution in [2.45, 2.75) is 6.92 Å². The molecule has 0 N–H and O–H groups in total. The van der Waals surface area contributed by atoms with Gasteiger partial charge in [-0.15, -0.1) is 0 Å². The van der Waals surface area contributed by atoms with Crippen molar-refractivity contribution in [1.82, 2.24) is 9.55 Å². The van der Waals surface area contributed by atoms with Gasteiger partial charge in [0, 0.05) is 5.56 Å². The Hall–Kier alpha value is -3.53. The number of carbonyl (C=O) groups excluding carboxylic acids is 1. The molecule has 0 atom stereocenters. The number of imidazole rings is 1. The van der Waals surface area contributed by atoms with Crippen molar-refractivity contribution in [3.8, 4) is 0 Å². The lowest BCUT2D eigenvalue weighted by atomic mass is 10.1. The summed E-state index contributed by atoms with van der Waals surface area (Å²) in [7, 11) is 0. The van der Waals surface area contributed by atoms with E-state index in [1.807, 2.05) is 73.7 Å². The number of aromatic nitrogens is 2. The summed E-state index contributed by atoms with van der Waals surface area (Å²) in [6.45, 7) is 2.00. The van der Waals surface area contributed by atoms with E-state index in [1.165, 1.54) is 0 Å². The summed E-state index contributed by atoms with van der Waals surface area (Å²) in [6, 6.07) is 24.7. The van der Waals surface area contributed by atoms with Crippen LogP contribution >= 0.6 is 0 Å². The molecule has 26 heavy (non-hydrogen) atoms. The topological polar surface area (TPSA) is 47.2 Å². The molecule has 0 spiro atoms. The van der Waals surface area contributed by atoms with E-state index in [4.69, 9.17) is 0 Å². The predicted molar refractivity (Wildman–Crippen MR) is 104 cm³/mol. The van der Waals surface area contributed by atoms with E-state index in [0.29, 0.717) is 11.4 Å². The van der Waals surface area contributed by atoms with Crippen LogP contribution in [0.4, 0.5) is 5.69 Å². The van der Waals surface area contributed by atoms with Gasteiger partial charge < -0.3 is 0 Å². The van der Waals surface area contributed by atoms with E-state index in [1.54, 1.807) is 23.0 Å². The van der Waals surface area contributed by atoms with Crippen molar-refractivity contribution in [3.63, 3.8) is 0 Å². The number of ketones is 1. The minimum absolute atomic E-state index is 0.143. The Morgan fingerprint density at radius 2 is 1.69 bits per heavy atom. The molecular weight excluding hydrogens is 322 g/mol. The molecule has 4 aromatic rings. The summed E-state index contributed by atoms with van der Waals surface area (Å²) in [5, 5.41) is 0. The number of hydrogen-bond donors (Lipinski definition) is 0. The van der Waals surface area contributed by atoms with E-state index in [-0.39, 0.29) is 5.78 Å². The minimum atomic E-state index is -0.143. The van der Waals surface area contributed by atoms with Crippen LogP contribution in [0.3, 0.4) is 0 Å². The van der Waals surface area contributed by atoms with Gasteiger partial charge in [0.2, 0.25) is 5.78 Å². The second kappa shape index (κ2) is 6.76. The quantitative estimate of drug-likeness (QED) is 0.306. The minimum Gasteiger partial charge on any atom is -0.285 e. The Morgan fingerprint density at radius 1 is 0.923 bits per heavy atom. The highest BCUT2D eigenvalue weighted by molar-refractivity contribution is 6.46. The third-order valence-electron chi connectivity index (χ3n) is 4.16. The first kappa shape index (κ1) is 16.0. The van der Waals surface area contributed by atoms with Crippen LogP contribution in [0.1, 0.15) is 15.9 Å². The maximum atomic E-state index is 13.2. The maximum Gasteiger partial charge on any atom is 0.228 e. The molecule has 126 valence electrons. The summed E-state index contributed by atoms with van der Waals surface area (Å²) in [5.74, 6) is 0.186. The molecule has 4 rings (SSSR count). The SMILES string of the molecule is Cc1cccc(N=C(C(=O)c2ccccc2)n2cnc3ccccc32)c1. The lowest BCUT2D eigenvalue weighted by molar-refractivity contribution is 0.106. The van der Waals surface area contributed by atoms with E-state index in [0.717, 1.165) is 22.3 Å². The molecule has 0 saturated heterocycles. The number of para-hydroxylation sites is 2. The first-order chi connectivity index (χ1) is 12.7. The molecule has 0 aliphatic rings. The molecule has 1 aromatic heterocycles. The summed E-state index contributed by atoms with van der Waals surface area (Å²) in [4.78, 5) is 22.3. The molecule has 0 aliphatic heterocycles. The van der Waals surface area contributed by atoms with Gasteiger partial charge in [-0.05, 0) is 36.8 Å². The Kier molecular flexibility index (Phi) is 4.15. The van der Waals surface area contributed by atoms with Crippen molar-refractivity contribution in [1.29, 1.82) is 0 Å². The van der Waals surface area contributed by atoms with Gasteiger partial charge in [-0.2, -0.15) is 0 Å². The van der Waals surface area contributed by atoms with Gasteiger partial charge >= 0.3 is 0 Å². The highest BCUT2D eigenvalue weighted by atomic mass is 16.1. The lowest BCUT2D eigenvalue weighted by Gasteiger charge is -2.09. The Morgan fingerprint density at radius 3 is 2.50 bits per heavy atom. The molecular formula is C22H17N3O. The molecule has 0 fully saturated rings. The molecule has 0 bridgehead atoms. The van der Waals surface area contributed by atoms with Crippen molar-refractivity contribution >= 4 is 28.3 Å². The molecule has 4 heteroatoms. The lowest BCUT2D eigenvalue weighted by Crippen LogP contribution is -2.22. The zero-order valence-corrected chi connectivity index (χ0v) is 14.3. The highest BCUT2D eigenvalue weighted by Crippen LogP contribution is 2.19. The monoisotopic (exact) mass is 339 g/mol. The molecule has 1 heterocycles. The summed E-state index contributed by atoms with van der Waals surface area (Å²) in [5.41, 5.74) is 4.10. The van der Waals surface area contributed by atoms with Gasteiger partial charge in [0.15, 0.2) is 5.84 Å². The average Bonchev–Trinajstić information content (AvgIpc) is 3.10. The fraction of sp³-hybridized carbons (Fsp3) is 0.0455. The molecule has 3 aromatic carbocycles. The van der Waals surface area contributed by atoms with Gasteiger partial charge in [-0.25, -0.2) is 9.98 Å². The summed E-state index contributed by atoms with van der Waals surface area (Å²) < 4.78 is 1.76. The number of aryl methyl sites for hydroxylation is 1. The number of hydrogen-bond acceptors (Lipinski definition) is 3. The summed E-state index contributed by atoms with van der Waals surface area (Å²) >= 11 is 0. The van der Waals surface area contributed by atoms with E-state index < -0.39 is 0 Å². The van der Waals surface area contributed by atoms with Gasteiger partial charge in [0.05, 0.1) is 16.7 Å². The van der Waals surface area contributed by atoms with Crippen LogP contribution < -0.4 is 0 Å². The van der Waals surface area contributed by atoms with Crippen LogP contribution in [0, 0.1) is 6.92 Å². The number of fused-ring (bicyclic) bond motifs is 1. The summed E-state index contributed by atoms with van der Waals surface area (Å²) in [6.07, 6.45) is 1.65. The number of Topliss-reactive ketones (excluding diaryl/α,β-unsaturated/α-hetero) is 1. The Bertz CT molecular complexity index is 1110. The number of aliphatic imine (C=N–C) groups is 1. The third kappa shape index (κ3) is 3.05. The number of rotatable bonds is 3. The standard InChI is InChI=1S/C22H17N3O/c1-16-8-7-11-18(14-16)24-22(21(26)17-9-3-2-4-10-17)25-15-23-19-12-5-6-13-20(19)25/h2-15H,1H3. The molecule has 0 aliphatic carbocycles. The van der Waals surface area contributed by atoms with Crippen LogP contribution in [0.2, 0.25) is 0 Å². The number of benzene rings is 3. The Labute approximate surface area is 151 Å². The zero-order valence-electron chi connectivity index (χ0n) is 14.3. The maximum absolute atomic E-state index is 13.2. The first-order valence-corrected chi connectivity index (χ1v) is 8.40. The van der Waals surface area contributed by atoms with Crippen LogP contribution in [0.25, 0.3) is 11.0 Å². The molecule has 4 nitrogen and oxygen atoms in total. The highest BCUT2D eigenvalue weighted by Gasteiger charge is 2.18. The van der Waals surface area contributed by atoms with Gasteiger partial charge in [-0.1, -0.05) is 54.6 Å². The number of carbonyl (C=O) groups is 1. The normalized spacial score (nSPS) is 11.7. The average molecular weight is 339 g/mol. The molecule has 0 saturated carbocycles. The Balaban J connectivity index is 1.91. The van der Waals surface area contributed by atoms with Gasteiger partial charge in [0.1, 0.15) is 6.33 Å². The zero-order chi connectivity index (χ0) is 17.9. The van der Waals surface area contributed by atoms with Crippen molar-refractivity contribution in [3.05, 3.63) is 96.3 Å². The predicted octanol–water partition coefficient (Wildman–Crippen LogP) is 4.81. The smallest absolute Gasteiger partial charge is 0.228 e. The van der Waals surface area contributed by atoms with Crippen LogP contribution in [0.5, 0.6) is 0 Å². The van der Waals surface area contributed by atoms with Crippen molar-refractivity contribution in [2.75, 3.05) is 0 Å². The first-order valence-electron chi connectivity index (χ1n) is 8.40. The molecule has 0 radical (unpaired) electrons. The van der Waals surface area contributed by atoms with E-state index >= 15 is 0 Å². The second-order valence-corrected chi connectivity index (χ2v) is 6.07. The van der Waals surface area contributed by atoms with Gasteiger partial charge in [-0.3, -0.25) is 9.36 Å². The van der Waals surface area contributed by atoms with Crippen molar-refractivity contribution < 1.29 is 4.79 Å². The second-order valence-electron chi connectivity index (χ2n) is 6.07. The largest absolute Gasteiger partial charge is 0.285 e. The molecule has 0 amide bonds. The fourth-order valence-corrected chi connectivity index (χ4v) is 2.88. The van der Waals surface area contributed by atoms with Crippen molar-refractivity contribution in [2.24, 2.45) is 4.99 Å². The van der Waals surface area contributed by atoms with Gasteiger partial charge in [0.25, 0.3) is 0 Å². The van der Waals surface area contributed by atoms with Crippen LogP contribution in [-0.4, -0.2) is 21.2 Å². The number of nitrogens with zero attached hydrogens (tertiary/aromatic N) is 3. The molecule has 0 unspecified atom stereocenters. The third-order valence-corrected chi connectivity index (χ3v) is 4.16. The van der Waals surface area contributed by atoms with Crippen LogP contribution in [0.15, 0.2) is 90.2 Å².